The van der Waals surface area contributed by atoms with Crippen LogP contribution in [0.2, 0.25) is 0 Å². The molecule has 7 rings (SSSR count). The third-order valence-electron chi connectivity index (χ3n) is 8.36. The molecule has 0 saturated carbocycles. The lowest BCUT2D eigenvalue weighted by Gasteiger charge is -2.16. The van der Waals surface area contributed by atoms with Gasteiger partial charge in [0.25, 0.3) is 0 Å². The zero-order chi connectivity index (χ0) is 36.7. The molecule has 0 aliphatic carbocycles. The molecule has 258 valence electrons. The molecule has 1 heterocycles. The maximum Gasteiger partial charge on any atom is 0.331 e. The lowest BCUT2D eigenvalue weighted by molar-refractivity contribution is -0.141. The lowest BCUT2D eigenvalue weighted by Crippen LogP contribution is -2.16. The van der Waals surface area contributed by atoms with Crippen LogP contribution in [0.5, 0.6) is 35.0 Å². The third-order valence-corrected chi connectivity index (χ3v) is 8.36. The van der Waals surface area contributed by atoms with Crippen molar-refractivity contribution in [3.05, 3.63) is 151 Å². The number of methoxy groups -OCH3 is 1. The number of phenols is 2. The maximum atomic E-state index is 12.7. The molecule has 7 aromatic rings. The number of nitriles is 1. The zero-order valence-electron chi connectivity index (χ0n) is 28.3. The summed E-state index contributed by atoms with van der Waals surface area (Å²) >= 11 is 0. The summed E-state index contributed by atoms with van der Waals surface area (Å²) in [6.07, 6.45) is 0. The Kier molecular flexibility index (Phi) is 9.72. The lowest BCUT2D eigenvalue weighted by atomic mass is 9.97. The number of nitrogens with zero attached hydrogens (tertiary/aromatic N) is 4. The van der Waals surface area contributed by atoms with Gasteiger partial charge in [0.2, 0.25) is 5.92 Å². The van der Waals surface area contributed by atoms with E-state index in [1.165, 1.54) is 0 Å². The van der Waals surface area contributed by atoms with E-state index in [9.17, 15) is 20.3 Å². The van der Waals surface area contributed by atoms with Crippen molar-refractivity contribution < 1.29 is 29.2 Å². The first-order chi connectivity index (χ1) is 25.9. The first-order valence-corrected chi connectivity index (χ1v) is 16.5. The number of carbonyl (C=O) groups is 1. The quantitative estimate of drug-likeness (QED) is 0.132. The van der Waals surface area contributed by atoms with Crippen LogP contribution in [0.15, 0.2) is 146 Å². The monoisotopic (exact) mass is 698 g/mol. The average Bonchev–Trinajstić information content (AvgIpc) is 3.20. The van der Waals surface area contributed by atoms with Gasteiger partial charge >= 0.3 is 18.0 Å². The summed E-state index contributed by atoms with van der Waals surface area (Å²) in [5, 5.41) is 32.8. The summed E-state index contributed by atoms with van der Waals surface area (Å²) in [6, 6.07) is 45.1. The number of benzene rings is 6. The van der Waals surface area contributed by atoms with Crippen LogP contribution in [0.25, 0.3) is 44.5 Å². The van der Waals surface area contributed by atoms with Crippen LogP contribution in [0.4, 0.5) is 0 Å². The van der Waals surface area contributed by atoms with Gasteiger partial charge in [-0.2, -0.15) is 15.2 Å². The molecule has 0 fully saturated rings. The second-order valence-electron chi connectivity index (χ2n) is 11.7. The SMILES string of the molecule is COC(=O)C(C#N)c1nc(Oc2cc(-c3ccccc3)c(O)c(-c3ccccc3)c2)nc(Oc2cc(-c3ccccc3)c(O)c(-c3ccccc3)c2)n1. The van der Waals surface area contributed by atoms with E-state index in [-0.39, 0.29) is 40.8 Å². The molecule has 0 saturated heterocycles. The Hall–Kier alpha value is -7.51. The smallest absolute Gasteiger partial charge is 0.331 e. The number of phenolic OH excluding ortho intramolecular Hbond substituents is 2. The van der Waals surface area contributed by atoms with Crippen LogP contribution in [0.1, 0.15) is 11.7 Å². The Bertz CT molecular complexity index is 2160. The number of carbonyl (C=O) groups excluding carboxylic acids is 1. The normalized spacial score (nSPS) is 11.2. The molecule has 0 amide bonds. The van der Waals surface area contributed by atoms with Gasteiger partial charge in [-0.25, -0.2) is 0 Å². The highest BCUT2D eigenvalue weighted by molar-refractivity contribution is 5.85. The molecule has 1 aromatic heterocycles. The van der Waals surface area contributed by atoms with E-state index < -0.39 is 11.9 Å². The fraction of sp³-hybridized carbons (Fsp3) is 0.0465. The molecule has 6 aromatic carbocycles. The standard InChI is InChI=1S/C43H30N4O6/c1-51-41(50)37(26-44)40-45-42(52-31-22-33(27-14-6-2-7-15-27)38(48)34(23-31)28-16-8-3-9-17-28)47-43(46-40)53-32-24-35(29-18-10-4-11-19-29)39(49)36(25-32)30-20-12-5-13-21-30/h2-25,37,48-49H,1H3. The molecule has 10 heteroatoms. The number of hydrogen-bond acceptors (Lipinski definition) is 10. The van der Waals surface area contributed by atoms with Gasteiger partial charge in [0.05, 0.1) is 13.2 Å². The first-order valence-electron chi connectivity index (χ1n) is 16.5. The van der Waals surface area contributed by atoms with Crippen molar-refractivity contribution in [3.63, 3.8) is 0 Å². The topological polar surface area (TPSA) is 148 Å². The van der Waals surface area contributed by atoms with E-state index in [1.54, 1.807) is 24.3 Å². The second kappa shape index (κ2) is 15.2. The summed E-state index contributed by atoms with van der Waals surface area (Å²) < 4.78 is 17.3. The number of hydrogen-bond donors (Lipinski definition) is 2. The van der Waals surface area contributed by atoms with Crippen molar-refractivity contribution >= 4 is 5.97 Å². The number of esters is 1. The predicted molar refractivity (Wildman–Crippen MR) is 198 cm³/mol. The third kappa shape index (κ3) is 7.36. The second-order valence-corrected chi connectivity index (χ2v) is 11.7. The molecule has 0 bridgehead atoms. The van der Waals surface area contributed by atoms with Crippen LogP contribution in [0.3, 0.4) is 0 Å². The van der Waals surface area contributed by atoms with E-state index in [2.05, 4.69) is 15.0 Å². The molecule has 0 radical (unpaired) electrons. The molecule has 0 aliphatic heterocycles. The Labute approximate surface area is 304 Å². The highest BCUT2D eigenvalue weighted by Crippen LogP contribution is 2.44. The molecular formula is C43H30N4O6. The van der Waals surface area contributed by atoms with Gasteiger partial charge in [0.15, 0.2) is 5.82 Å². The van der Waals surface area contributed by atoms with E-state index in [0.29, 0.717) is 22.3 Å². The van der Waals surface area contributed by atoms with E-state index in [4.69, 9.17) is 14.2 Å². The number of rotatable bonds is 10. The Morgan fingerprint density at radius 3 is 1.17 bits per heavy atom. The number of aromatic nitrogens is 3. The van der Waals surface area contributed by atoms with E-state index in [1.807, 2.05) is 127 Å². The van der Waals surface area contributed by atoms with Crippen LogP contribution < -0.4 is 9.47 Å². The van der Waals surface area contributed by atoms with Crippen molar-refractivity contribution in [3.8, 4) is 85.6 Å². The van der Waals surface area contributed by atoms with Gasteiger partial charge in [0.1, 0.15) is 23.0 Å². The minimum Gasteiger partial charge on any atom is -0.507 e. The molecule has 10 nitrogen and oxygen atoms in total. The molecule has 0 aliphatic rings. The number of aromatic hydroxyl groups is 2. The summed E-state index contributed by atoms with van der Waals surface area (Å²) in [5.41, 5.74) is 4.90. The first kappa shape index (κ1) is 34.0. The molecule has 0 spiro atoms. The molecule has 1 atom stereocenters. The molecule has 1 unspecified atom stereocenters. The largest absolute Gasteiger partial charge is 0.507 e. The Morgan fingerprint density at radius 1 is 0.566 bits per heavy atom. The highest BCUT2D eigenvalue weighted by Gasteiger charge is 2.27. The fourth-order valence-corrected chi connectivity index (χ4v) is 5.80. The van der Waals surface area contributed by atoms with E-state index in [0.717, 1.165) is 29.4 Å². The summed E-state index contributed by atoms with van der Waals surface area (Å²) in [4.78, 5) is 25.8. The Morgan fingerprint density at radius 2 is 0.887 bits per heavy atom. The van der Waals surface area contributed by atoms with Gasteiger partial charge in [-0.05, 0) is 46.5 Å². The van der Waals surface area contributed by atoms with Crippen LogP contribution in [-0.2, 0) is 9.53 Å². The summed E-state index contributed by atoms with van der Waals surface area (Å²) in [6.45, 7) is 0. The van der Waals surface area contributed by atoms with Crippen molar-refractivity contribution in [2.24, 2.45) is 0 Å². The average molecular weight is 699 g/mol. The molecular weight excluding hydrogens is 668 g/mol. The van der Waals surface area contributed by atoms with Crippen molar-refractivity contribution in [2.45, 2.75) is 5.92 Å². The molecule has 53 heavy (non-hydrogen) atoms. The van der Waals surface area contributed by atoms with Crippen molar-refractivity contribution in [1.82, 2.24) is 15.0 Å². The summed E-state index contributed by atoms with van der Waals surface area (Å²) in [5.74, 6) is -2.11. The number of ether oxygens (including phenoxy) is 3. The molecule has 2 N–H and O–H groups in total. The summed E-state index contributed by atoms with van der Waals surface area (Å²) in [7, 11) is 1.15. The van der Waals surface area contributed by atoms with E-state index >= 15 is 0 Å². The van der Waals surface area contributed by atoms with Crippen molar-refractivity contribution in [1.29, 1.82) is 5.26 Å². The van der Waals surface area contributed by atoms with Gasteiger partial charge < -0.3 is 24.4 Å². The minimum atomic E-state index is -1.54. The predicted octanol–water partition coefficient (Wildman–Crippen LogP) is 9.32. The van der Waals surface area contributed by atoms with Crippen LogP contribution in [-0.4, -0.2) is 38.2 Å². The van der Waals surface area contributed by atoms with Gasteiger partial charge in [0, 0.05) is 22.3 Å². The zero-order valence-corrected chi connectivity index (χ0v) is 28.3. The van der Waals surface area contributed by atoms with Crippen LogP contribution in [0, 0.1) is 11.3 Å². The maximum absolute atomic E-state index is 12.7. The van der Waals surface area contributed by atoms with Crippen LogP contribution >= 0.6 is 0 Å². The van der Waals surface area contributed by atoms with Gasteiger partial charge in [-0.3, -0.25) is 4.79 Å². The van der Waals surface area contributed by atoms with Gasteiger partial charge in [-0.15, -0.1) is 4.98 Å². The van der Waals surface area contributed by atoms with Gasteiger partial charge in [-0.1, -0.05) is 121 Å². The minimum absolute atomic E-state index is 0.0427. The Balaban J connectivity index is 1.35. The van der Waals surface area contributed by atoms with Crippen molar-refractivity contribution in [2.75, 3.05) is 7.11 Å². The highest BCUT2D eigenvalue weighted by atomic mass is 16.5. The fourth-order valence-electron chi connectivity index (χ4n) is 5.80.